The van der Waals surface area contributed by atoms with Gasteiger partial charge in [0.15, 0.2) is 5.83 Å². The van der Waals surface area contributed by atoms with Crippen molar-refractivity contribution in [3.05, 3.63) is 11.4 Å². The van der Waals surface area contributed by atoms with Crippen LogP contribution in [0.15, 0.2) is 11.4 Å². The average molecular weight is 300 g/mol. The van der Waals surface area contributed by atoms with E-state index in [2.05, 4.69) is 0 Å². The Kier molecular flexibility index (Phi) is 3.66. The Hall–Kier alpha value is -0.890. The molecule has 0 spiro atoms. The van der Waals surface area contributed by atoms with Gasteiger partial charge in [0.2, 0.25) is 0 Å². The Labute approximate surface area is 102 Å². The molecule has 1 rings (SSSR count). The van der Waals surface area contributed by atoms with Crippen LogP contribution in [0.25, 0.3) is 0 Å². The van der Waals surface area contributed by atoms with Crippen LogP contribution in [0.1, 0.15) is 26.2 Å². The zero-order chi connectivity index (χ0) is 15.3. The van der Waals surface area contributed by atoms with Gasteiger partial charge in [-0.25, -0.2) is 4.39 Å². The van der Waals surface area contributed by atoms with E-state index in [9.17, 15) is 39.5 Å². The summed E-state index contributed by atoms with van der Waals surface area (Å²) in [5.74, 6) is -27.6. The van der Waals surface area contributed by atoms with Crippen LogP contribution in [0, 0.1) is 0 Å². The number of hydrogen-bond donors (Lipinski definition) is 0. The number of allylic oxidation sites excluding steroid dienone is 2. The van der Waals surface area contributed by atoms with Crippen LogP contribution >= 0.6 is 0 Å². The maximum absolute atomic E-state index is 13.2. The SMILES string of the molecule is CCCCC1=C(F)C(F)(F)C(F)(F)C(F)(F)C1(F)F. The van der Waals surface area contributed by atoms with Crippen molar-refractivity contribution in [3.8, 4) is 0 Å². The third kappa shape index (κ3) is 1.84. The molecule has 0 aromatic carbocycles. The van der Waals surface area contributed by atoms with E-state index in [1.54, 1.807) is 0 Å². The second-order valence-corrected chi connectivity index (χ2v) is 4.19. The summed E-state index contributed by atoms with van der Waals surface area (Å²) in [4.78, 5) is 0. The van der Waals surface area contributed by atoms with Gasteiger partial charge in [-0.2, -0.15) is 35.1 Å². The van der Waals surface area contributed by atoms with Crippen molar-refractivity contribution in [1.82, 2.24) is 0 Å². The molecule has 0 aromatic rings. The molecular weight excluding hydrogens is 291 g/mol. The Balaban J connectivity index is 3.51. The number of alkyl halides is 8. The fourth-order valence-electron chi connectivity index (χ4n) is 1.67. The highest BCUT2D eigenvalue weighted by Gasteiger charge is 2.86. The Bertz CT molecular complexity index is 394. The fourth-order valence-corrected chi connectivity index (χ4v) is 1.67. The van der Waals surface area contributed by atoms with Crippen molar-refractivity contribution in [2.75, 3.05) is 0 Å². The van der Waals surface area contributed by atoms with E-state index in [1.165, 1.54) is 6.92 Å². The van der Waals surface area contributed by atoms with Gasteiger partial charge in [-0.3, -0.25) is 0 Å². The molecule has 0 bridgehead atoms. The van der Waals surface area contributed by atoms with E-state index in [1.807, 2.05) is 0 Å². The lowest BCUT2D eigenvalue weighted by Gasteiger charge is -2.41. The summed E-state index contributed by atoms with van der Waals surface area (Å²) in [7, 11) is 0. The molecule has 9 heteroatoms. The Morgan fingerprint density at radius 2 is 1.21 bits per heavy atom. The van der Waals surface area contributed by atoms with E-state index in [0.717, 1.165) is 0 Å². The molecule has 0 amide bonds. The number of hydrogen-bond acceptors (Lipinski definition) is 0. The fraction of sp³-hybridized carbons (Fsp3) is 0.800. The molecule has 0 fully saturated rings. The maximum atomic E-state index is 13.2. The molecule has 0 aliphatic heterocycles. The first kappa shape index (κ1) is 16.2. The lowest BCUT2D eigenvalue weighted by Crippen LogP contribution is -2.66. The van der Waals surface area contributed by atoms with Gasteiger partial charge in [-0.15, -0.1) is 0 Å². The van der Waals surface area contributed by atoms with Crippen molar-refractivity contribution in [1.29, 1.82) is 0 Å². The highest BCUT2D eigenvalue weighted by atomic mass is 19.4. The lowest BCUT2D eigenvalue weighted by molar-refractivity contribution is -0.363. The molecule has 19 heavy (non-hydrogen) atoms. The van der Waals surface area contributed by atoms with E-state index < -0.39 is 41.5 Å². The molecule has 0 atom stereocenters. The first-order valence-electron chi connectivity index (χ1n) is 5.26. The topological polar surface area (TPSA) is 0 Å². The highest BCUT2D eigenvalue weighted by Crippen LogP contribution is 2.62. The van der Waals surface area contributed by atoms with Gasteiger partial charge < -0.3 is 0 Å². The van der Waals surface area contributed by atoms with Crippen LogP contribution in [-0.4, -0.2) is 23.7 Å². The monoisotopic (exact) mass is 300 g/mol. The van der Waals surface area contributed by atoms with Crippen molar-refractivity contribution >= 4 is 0 Å². The summed E-state index contributed by atoms with van der Waals surface area (Å²) in [5.41, 5.74) is -2.25. The van der Waals surface area contributed by atoms with Gasteiger partial charge in [0.25, 0.3) is 0 Å². The van der Waals surface area contributed by atoms with Crippen LogP contribution < -0.4 is 0 Å². The second kappa shape index (κ2) is 4.31. The second-order valence-electron chi connectivity index (χ2n) is 4.19. The zero-order valence-corrected chi connectivity index (χ0v) is 9.52. The summed E-state index contributed by atoms with van der Waals surface area (Å²) in [6.45, 7) is 1.41. The van der Waals surface area contributed by atoms with E-state index >= 15 is 0 Å². The van der Waals surface area contributed by atoms with Gasteiger partial charge in [-0.1, -0.05) is 13.3 Å². The maximum Gasteiger partial charge on any atom is 0.385 e. The predicted molar refractivity (Wildman–Crippen MR) is 47.4 cm³/mol. The minimum atomic E-state index is -6.50. The van der Waals surface area contributed by atoms with Crippen LogP contribution in [-0.2, 0) is 0 Å². The molecule has 0 saturated carbocycles. The molecular formula is C10H9F9. The summed E-state index contributed by atoms with van der Waals surface area (Å²) in [5, 5.41) is 0. The van der Waals surface area contributed by atoms with Crippen molar-refractivity contribution in [2.24, 2.45) is 0 Å². The highest BCUT2D eigenvalue weighted by molar-refractivity contribution is 5.35. The molecule has 112 valence electrons. The van der Waals surface area contributed by atoms with Crippen LogP contribution in [0.3, 0.4) is 0 Å². The molecule has 1 aliphatic carbocycles. The quantitative estimate of drug-likeness (QED) is 0.647. The van der Waals surface area contributed by atoms with Crippen molar-refractivity contribution in [3.63, 3.8) is 0 Å². The number of halogens is 9. The van der Waals surface area contributed by atoms with Crippen LogP contribution in [0.4, 0.5) is 39.5 Å². The predicted octanol–water partition coefficient (Wildman–Crippen LogP) is 4.96. The summed E-state index contributed by atoms with van der Waals surface area (Å²) in [6, 6.07) is 0. The normalized spacial score (nSPS) is 27.5. The van der Waals surface area contributed by atoms with Gasteiger partial charge >= 0.3 is 23.7 Å². The van der Waals surface area contributed by atoms with E-state index in [-0.39, 0.29) is 12.8 Å². The molecule has 0 nitrogen and oxygen atoms in total. The molecule has 0 N–H and O–H groups in total. The van der Waals surface area contributed by atoms with Crippen molar-refractivity contribution < 1.29 is 39.5 Å². The minimum absolute atomic E-state index is 0.112. The minimum Gasteiger partial charge on any atom is -0.205 e. The molecule has 0 aromatic heterocycles. The van der Waals surface area contributed by atoms with Gasteiger partial charge in [-0.05, 0) is 12.8 Å². The Morgan fingerprint density at radius 3 is 1.63 bits per heavy atom. The first-order chi connectivity index (χ1) is 8.35. The smallest absolute Gasteiger partial charge is 0.205 e. The van der Waals surface area contributed by atoms with Crippen LogP contribution in [0.5, 0.6) is 0 Å². The van der Waals surface area contributed by atoms with Crippen LogP contribution in [0.2, 0.25) is 0 Å². The van der Waals surface area contributed by atoms with E-state index in [0.29, 0.717) is 0 Å². The van der Waals surface area contributed by atoms with Gasteiger partial charge in [0, 0.05) is 5.57 Å². The Morgan fingerprint density at radius 1 is 0.789 bits per heavy atom. The van der Waals surface area contributed by atoms with Gasteiger partial charge in [0.05, 0.1) is 0 Å². The van der Waals surface area contributed by atoms with Crippen molar-refractivity contribution in [2.45, 2.75) is 49.9 Å². The molecule has 0 radical (unpaired) electrons. The first-order valence-corrected chi connectivity index (χ1v) is 5.26. The standard InChI is InChI=1S/C10H9F9/c1-2-3-4-5-6(11)8(14,15)10(18,19)9(16,17)7(5,12)13/h2-4H2,1H3. The average Bonchev–Trinajstić information content (AvgIpc) is 2.26. The molecule has 0 unspecified atom stereocenters. The molecule has 0 heterocycles. The van der Waals surface area contributed by atoms with Gasteiger partial charge in [0.1, 0.15) is 0 Å². The summed E-state index contributed by atoms with van der Waals surface area (Å²) < 4.78 is 117. The zero-order valence-electron chi connectivity index (χ0n) is 9.52. The molecule has 1 aliphatic rings. The largest absolute Gasteiger partial charge is 0.385 e. The summed E-state index contributed by atoms with van der Waals surface area (Å²) in [6.07, 6.45) is -1.34. The summed E-state index contributed by atoms with van der Waals surface area (Å²) >= 11 is 0. The molecule has 0 saturated heterocycles. The van der Waals surface area contributed by atoms with E-state index in [4.69, 9.17) is 0 Å². The third-order valence-corrected chi connectivity index (χ3v) is 2.88. The lowest BCUT2D eigenvalue weighted by atomic mass is 9.83. The third-order valence-electron chi connectivity index (χ3n) is 2.88. The number of unbranched alkanes of at least 4 members (excludes halogenated alkanes) is 1. The number of rotatable bonds is 3.